The van der Waals surface area contributed by atoms with E-state index in [4.69, 9.17) is 0 Å². The van der Waals surface area contributed by atoms with Crippen molar-refractivity contribution in [3.63, 3.8) is 0 Å². The van der Waals surface area contributed by atoms with E-state index in [1.165, 1.54) is 11.8 Å². The van der Waals surface area contributed by atoms with Crippen LogP contribution in [0.4, 0.5) is 5.69 Å². The van der Waals surface area contributed by atoms with Gasteiger partial charge in [0.2, 0.25) is 5.91 Å². The maximum atomic E-state index is 13.2. The Morgan fingerprint density at radius 1 is 1.18 bits per heavy atom. The predicted molar refractivity (Wildman–Crippen MR) is 117 cm³/mol. The van der Waals surface area contributed by atoms with Crippen LogP contribution in [0.15, 0.2) is 62.8 Å². The third-order valence-electron chi connectivity index (χ3n) is 5.00. The molecule has 1 aliphatic carbocycles. The number of anilines is 1. The van der Waals surface area contributed by atoms with E-state index in [1.807, 2.05) is 54.6 Å². The Bertz CT molecular complexity index is 938. The van der Waals surface area contributed by atoms with Crippen LogP contribution < -0.4 is 10.2 Å². The Morgan fingerprint density at radius 2 is 1.96 bits per heavy atom. The van der Waals surface area contributed by atoms with Gasteiger partial charge in [0.15, 0.2) is 0 Å². The van der Waals surface area contributed by atoms with Crippen LogP contribution in [-0.4, -0.2) is 24.4 Å². The summed E-state index contributed by atoms with van der Waals surface area (Å²) in [5, 5.41) is 3.08. The minimum absolute atomic E-state index is 0.0444. The topological polar surface area (TPSA) is 49.4 Å². The molecular weight excluding hydrogens is 436 g/mol. The molecule has 1 heterocycles. The van der Waals surface area contributed by atoms with E-state index >= 15 is 0 Å². The Labute approximate surface area is 177 Å². The molecule has 1 N–H and O–H groups in total. The van der Waals surface area contributed by atoms with Crippen molar-refractivity contribution in [3.8, 4) is 0 Å². The first kappa shape index (κ1) is 19.3. The molecule has 0 unspecified atom stereocenters. The van der Waals surface area contributed by atoms with Crippen LogP contribution in [0.5, 0.6) is 0 Å². The third kappa shape index (κ3) is 4.33. The van der Waals surface area contributed by atoms with Gasteiger partial charge < -0.3 is 5.32 Å². The van der Waals surface area contributed by atoms with Crippen molar-refractivity contribution in [2.75, 3.05) is 11.4 Å². The summed E-state index contributed by atoms with van der Waals surface area (Å²) >= 11 is 4.92. The maximum Gasteiger partial charge on any atom is 0.265 e. The van der Waals surface area contributed by atoms with Gasteiger partial charge in [-0.3, -0.25) is 14.5 Å². The fraction of sp³-hybridized carbons (Fsp3) is 0.273. The molecule has 0 radical (unpaired) electrons. The molecule has 0 atom stereocenters. The van der Waals surface area contributed by atoms with Crippen LogP contribution in [0.1, 0.15) is 31.2 Å². The highest BCUT2D eigenvalue weighted by atomic mass is 79.9. The van der Waals surface area contributed by atoms with Crippen LogP contribution >= 0.6 is 27.7 Å². The first-order valence-corrected chi connectivity index (χ1v) is 11.1. The average molecular weight is 457 g/mol. The second-order valence-electron chi connectivity index (χ2n) is 7.07. The lowest BCUT2D eigenvalue weighted by atomic mass is 10.2. The van der Waals surface area contributed by atoms with E-state index in [1.54, 1.807) is 4.90 Å². The normalized spacial score (nSPS) is 18.4. The van der Waals surface area contributed by atoms with Gasteiger partial charge in [-0.1, -0.05) is 64.8 Å². The molecule has 0 saturated heterocycles. The van der Waals surface area contributed by atoms with E-state index in [2.05, 4.69) is 21.2 Å². The zero-order valence-electron chi connectivity index (χ0n) is 15.4. The van der Waals surface area contributed by atoms with Gasteiger partial charge in [-0.15, -0.1) is 0 Å². The van der Waals surface area contributed by atoms with Crippen molar-refractivity contribution in [2.45, 2.75) is 36.6 Å². The molecule has 1 aliphatic heterocycles. The number of thioether (sulfide) groups is 1. The summed E-state index contributed by atoms with van der Waals surface area (Å²) in [6.07, 6.45) is 6.26. The second-order valence-corrected chi connectivity index (χ2v) is 9.07. The molecule has 2 amide bonds. The number of carbonyl (C=O) groups is 2. The number of amides is 2. The quantitative estimate of drug-likeness (QED) is 0.659. The number of carbonyl (C=O) groups excluding carboxylic acids is 2. The zero-order chi connectivity index (χ0) is 19.5. The number of benzene rings is 2. The molecule has 1 saturated carbocycles. The van der Waals surface area contributed by atoms with E-state index in [0.717, 1.165) is 46.3 Å². The molecule has 6 heteroatoms. The van der Waals surface area contributed by atoms with Crippen LogP contribution in [0.25, 0.3) is 6.08 Å². The molecule has 2 aromatic rings. The number of hydrogen-bond acceptors (Lipinski definition) is 3. The fourth-order valence-corrected chi connectivity index (χ4v) is 5.13. The average Bonchev–Trinajstić information content (AvgIpc) is 3.18. The monoisotopic (exact) mass is 456 g/mol. The summed E-state index contributed by atoms with van der Waals surface area (Å²) in [5.74, 6) is -0.228. The number of para-hydroxylation sites is 1. The summed E-state index contributed by atoms with van der Waals surface area (Å²) in [5.41, 5.74) is 1.74. The molecule has 144 valence electrons. The van der Waals surface area contributed by atoms with E-state index in [9.17, 15) is 9.59 Å². The van der Waals surface area contributed by atoms with Crippen LogP contribution in [0.2, 0.25) is 0 Å². The third-order valence-corrected chi connectivity index (χ3v) is 6.57. The summed E-state index contributed by atoms with van der Waals surface area (Å²) in [6.45, 7) is 0.0444. The Kier molecular flexibility index (Phi) is 5.87. The lowest BCUT2D eigenvalue weighted by molar-refractivity contribution is -0.122. The van der Waals surface area contributed by atoms with Gasteiger partial charge in [0, 0.05) is 15.4 Å². The summed E-state index contributed by atoms with van der Waals surface area (Å²) < 4.78 is 0.961. The molecule has 2 aromatic carbocycles. The molecule has 1 fully saturated rings. The number of halogens is 1. The van der Waals surface area contributed by atoms with E-state index in [-0.39, 0.29) is 24.4 Å². The van der Waals surface area contributed by atoms with Crippen LogP contribution in [0.3, 0.4) is 0 Å². The van der Waals surface area contributed by atoms with Gasteiger partial charge >= 0.3 is 0 Å². The van der Waals surface area contributed by atoms with Gasteiger partial charge in [-0.2, -0.15) is 0 Å². The Morgan fingerprint density at radius 3 is 2.75 bits per heavy atom. The van der Waals surface area contributed by atoms with Gasteiger partial charge in [0.25, 0.3) is 5.91 Å². The minimum Gasteiger partial charge on any atom is -0.352 e. The van der Waals surface area contributed by atoms with Crippen LogP contribution in [-0.2, 0) is 9.59 Å². The highest BCUT2D eigenvalue weighted by molar-refractivity contribution is 9.10. The minimum atomic E-state index is -0.134. The summed E-state index contributed by atoms with van der Waals surface area (Å²) in [4.78, 5) is 29.0. The molecule has 0 bridgehead atoms. The number of nitrogens with zero attached hydrogens (tertiary/aromatic N) is 1. The Balaban J connectivity index is 1.60. The van der Waals surface area contributed by atoms with Crippen molar-refractivity contribution in [3.05, 3.63) is 63.5 Å². The largest absolute Gasteiger partial charge is 0.352 e. The second kappa shape index (κ2) is 8.53. The molecule has 28 heavy (non-hydrogen) atoms. The van der Waals surface area contributed by atoms with Gasteiger partial charge in [-0.25, -0.2) is 0 Å². The van der Waals surface area contributed by atoms with Gasteiger partial charge in [0.05, 0.1) is 10.6 Å². The highest BCUT2D eigenvalue weighted by Gasteiger charge is 2.31. The van der Waals surface area contributed by atoms with Crippen molar-refractivity contribution in [2.24, 2.45) is 0 Å². The molecule has 4 nitrogen and oxygen atoms in total. The highest BCUT2D eigenvalue weighted by Crippen LogP contribution is 2.42. The standard InChI is InChI=1S/C22H21BrN2O2S/c23-16-7-5-6-15(12-16)13-20-22(27)25(18-10-3-4-11-19(18)28-20)14-21(26)24-17-8-1-2-9-17/h3-7,10-13,17H,1-2,8-9,14H2,(H,24,26). The summed E-state index contributed by atoms with van der Waals surface area (Å²) in [7, 11) is 0. The molecular formula is C22H21BrN2O2S. The lowest BCUT2D eigenvalue weighted by Gasteiger charge is -2.30. The van der Waals surface area contributed by atoms with Crippen LogP contribution in [0, 0.1) is 0 Å². The maximum absolute atomic E-state index is 13.2. The first-order chi connectivity index (χ1) is 13.6. The van der Waals surface area contributed by atoms with Crippen molar-refractivity contribution in [1.29, 1.82) is 0 Å². The predicted octanol–water partition coefficient (Wildman–Crippen LogP) is 4.99. The Hall–Kier alpha value is -2.05. The van der Waals surface area contributed by atoms with Crippen molar-refractivity contribution < 1.29 is 9.59 Å². The number of fused-ring (bicyclic) bond motifs is 1. The number of nitrogens with one attached hydrogen (secondary N) is 1. The number of rotatable bonds is 4. The summed E-state index contributed by atoms with van der Waals surface area (Å²) in [6, 6.07) is 15.8. The SMILES string of the molecule is O=C(CN1C(=O)C(=Cc2cccc(Br)c2)Sc2ccccc21)NC1CCCC1. The van der Waals surface area contributed by atoms with Crippen molar-refractivity contribution >= 4 is 51.3 Å². The van der Waals surface area contributed by atoms with Gasteiger partial charge in [0.1, 0.15) is 6.54 Å². The van der Waals surface area contributed by atoms with E-state index < -0.39 is 0 Å². The smallest absolute Gasteiger partial charge is 0.265 e. The molecule has 0 aromatic heterocycles. The van der Waals surface area contributed by atoms with E-state index in [0.29, 0.717) is 4.91 Å². The lowest BCUT2D eigenvalue weighted by Crippen LogP contribution is -2.45. The molecule has 0 spiro atoms. The number of hydrogen-bond donors (Lipinski definition) is 1. The zero-order valence-corrected chi connectivity index (χ0v) is 17.8. The molecule has 4 rings (SSSR count). The first-order valence-electron chi connectivity index (χ1n) is 9.45. The van der Waals surface area contributed by atoms with Gasteiger partial charge in [-0.05, 0) is 48.7 Å². The van der Waals surface area contributed by atoms with Crippen molar-refractivity contribution in [1.82, 2.24) is 5.32 Å². The molecule has 2 aliphatic rings. The fourth-order valence-electron chi connectivity index (χ4n) is 3.65.